The lowest BCUT2D eigenvalue weighted by atomic mass is 10.1. The van der Waals surface area contributed by atoms with Gasteiger partial charge in [-0.1, -0.05) is 6.07 Å². The normalized spacial score (nSPS) is 12.3. The van der Waals surface area contributed by atoms with Crippen LogP contribution in [0.25, 0.3) is 0 Å². The van der Waals surface area contributed by atoms with Crippen molar-refractivity contribution >= 4 is 5.69 Å². The van der Waals surface area contributed by atoms with Crippen LogP contribution in [-0.2, 0) is 12.4 Å². The van der Waals surface area contributed by atoms with Crippen molar-refractivity contribution in [1.29, 1.82) is 0 Å². The summed E-state index contributed by atoms with van der Waals surface area (Å²) in [5, 5.41) is 0. The van der Waals surface area contributed by atoms with Gasteiger partial charge in [0.15, 0.2) is 5.75 Å². The summed E-state index contributed by atoms with van der Waals surface area (Å²) in [5.41, 5.74) is 3.38. The topological polar surface area (TPSA) is 35.2 Å². The van der Waals surface area contributed by atoms with Crippen LogP contribution in [0.2, 0.25) is 0 Å². The van der Waals surface area contributed by atoms with E-state index in [1.807, 2.05) is 0 Å². The van der Waals surface area contributed by atoms with Crippen molar-refractivity contribution < 1.29 is 31.1 Å². The average molecular weight is 321 g/mol. The van der Waals surface area contributed by atoms with Gasteiger partial charge in [0.2, 0.25) is 0 Å². The van der Waals surface area contributed by atoms with E-state index < -0.39 is 23.5 Å². The fraction of sp³-hybridized carbons (Fsp3) is 0.143. The fourth-order valence-electron chi connectivity index (χ4n) is 1.66. The van der Waals surface area contributed by atoms with Crippen molar-refractivity contribution in [2.24, 2.45) is 0 Å². The molecule has 2 N–H and O–H groups in total. The lowest BCUT2D eigenvalue weighted by molar-refractivity contribution is -0.138. The molecule has 0 bridgehead atoms. The molecule has 0 unspecified atom stereocenters. The zero-order chi connectivity index (χ0) is 16.5. The first-order valence-electron chi connectivity index (χ1n) is 5.89. The lowest BCUT2D eigenvalue weighted by Crippen LogP contribution is -2.06. The van der Waals surface area contributed by atoms with Gasteiger partial charge < -0.3 is 10.5 Å². The van der Waals surface area contributed by atoms with E-state index in [0.29, 0.717) is 12.1 Å². The zero-order valence-electron chi connectivity index (χ0n) is 10.8. The highest BCUT2D eigenvalue weighted by Gasteiger charge is 2.32. The van der Waals surface area contributed by atoms with Gasteiger partial charge in [-0.2, -0.15) is 26.3 Å². The highest BCUT2D eigenvalue weighted by atomic mass is 19.4. The molecule has 0 saturated carbocycles. The van der Waals surface area contributed by atoms with E-state index in [-0.39, 0.29) is 17.2 Å². The van der Waals surface area contributed by atoms with Gasteiger partial charge in [0.05, 0.1) is 16.8 Å². The third kappa shape index (κ3) is 3.63. The Morgan fingerprint density at radius 1 is 0.773 bits per heavy atom. The van der Waals surface area contributed by atoms with Crippen LogP contribution in [0.1, 0.15) is 11.1 Å². The maximum absolute atomic E-state index is 12.6. The molecule has 22 heavy (non-hydrogen) atoms. The van der Waals surface area contributed by atoms with Crippen molar-refractivity contribution in [2.75, 3.05) is 5.73 Å². The number of hydrogen-bond donors (Lipinski definition) is 1. The second-order valence-electron chi connectivity index (χ2n) is 4.38. The van der Waals surface area contributed by atoms with Gasteiger partial charge in [-0.15, -0.1) is 0 Å². The van der Waals surface area contributed by atoms with Gasteiger partial charge in [-0.25, -0.2) is 0 Å². The Bertz CT molecular complexity index is 678. The van der Waals surface area contributed by atoms with Gasteiger partial charge in [-0.05, 0) is 36.4 Å². The Kier molecular flexibility index (Phi) is 3.95. The van der Waals surface area contributed by atoms with Gasteiger partial charge in [0.25, 0.3) is 0 Å². The fourth-order valence-corrected chi connectivity index (χ4v) is 1.66. The standard InChI is InChI=1S/C14H9F6NO/c15-13(16,17)8-2-1-3-10(6-8)22-12-7-9(14(18,19)20)4-5-11(12)21/h1-7H,21H2. The number of halogens is 6. The number of nitrogens with two attached hydrogens (primary N) is 1. The van der Waals surface area contributed by atoms with E-state index in [1.165, 1.54) is 6.07 Å². The van der Waals surface area contributed by atoms with Crippen LogP contribution in [0.15, 0.2) is 42.5 Å². The van der Waals surface area contributed by atoms with Crippen LogP contribution in [0.4, 0.5) is 32.0 Å². The Hall–Kier alpha value is -2.38. The van der Waals surface area contributed by atoms with Crippen molar-refractivity contribution in [1.82, 2.24) is 0 Å². The molecule has 0 radical (unpaired) electrons. The van der Waals surface area contributed by atoms with Crippen LogP contribution in [0, 0.1) is 0 Å². The molecule has 2 rings (SSSR count). The summed E-state index contributed by atoms with van der Waals surface area (Å²) in [6.07, 6.45) is -9.20. The summed E-state index contributed by atoms with van der Waals surface area (Å²) in [5.74, 6) is -0.630. The molecule has 0 aliphatic heterocycles. The molecule has 0 heterocycles. The Morgan fingerprint density at radius 2 is 1.36 bits per heavy atom. The quantitative estimate of drug-likeness (QED) is 0.617. The van der Waals surface area contributed by atoms with Crippen molar-refractivity contribution in [3.8, 4) is 11.5 Å². The van der Waals surface area contributed by atoms with Crippen LogP contribution < -0.4 is 10.5 Å². The molecule has 0 saturated heterocycles. The Labute approximate surface area is 121 Å². The van der Waals surface area contributed by atoms with Crippen LogP contribution in [0.3, 0.4) is 0 Å². The SMILES string of the molecule is Nc1ccc(C(F)(F)F)cc1Oc1cccc(C(F)(F)F)c1. The predicted octanol–water partition coefficient (Wildman–Crippen LogP) is 5.10. The summed E-state index contributed by atoms with van der Waals surface area (Å²) < 4.78 is 80.6. The number of rotatable bonds is 2. The van der Waals surface area contributed by atoms with Crippen molar-refractivity contribution in [2.45, 2.75) is 12.4 Å². The predicted molar refractivity (Wildman–Crippen MR) is 67.4 cm³/mol. The molecule has 0 amide bonds. The molecule has 8 heteroatoms. The van der Waals surface area contributed by atoms with E-state index in [1.54, 1.807) is 0 Å². The molecule has 118 valence electrons. The summed E-state index contributed by atoms with van der Waals surface area (Å²) in [6, 6.07) is 6.15. The van der Waals surface area contributed by atoms with Crippen molar-refractivity contribution in [3.63, 3.8) is 0 Å². The minimum absolute atomic E-state index is 0.120. The molecule has 0 atom stereocenters. The number of nitrogen functional groups attached to an aromatic ring is 1. The second-order valence-corrected chi connectivity index (χ2v) is 4.38. The summed E-state index contributed by atoms with van der Waals surface area (Å²) >= 11 is 0. The summed E-state index contributed by atoms with van der Waals surface area (Å²) in [4.78, 5) is 0. The largest absolute Gasteiger partial charge is 0.455 e. The van der Waals surface area contributed by atoms with Gasteiger partial charge in [0.1, 0.15) is 5.75 Å². The second kappa shape index (κ2) is 5.43. The highest BCUT2D eigenvalue weighted by Crippen LogP contribution is 2.37. The zero-order valence-corrected chi connectivity index (χ0v) is 10.8. The molecular formula is C14H9F6NO. The molecule has 2 aromatic carbocycles. The third-order valence-electron chi connectivity index (χ3n) is 2.73. The summed E-state index contributed by atoms with van der Waals surface area (Å²) in [7, 11) is 0. The van der Waals surface area contributed by atoms with Crippen molar-refractivity contribution in [3.05, 3.63) is 53.6 Å². The van der Waals surface area contributed by atoms with E-state index in [4.69, 9.17) is 10.5 Å². The summed E-state index contributed by atoms with van der Waals surface area (Å²) in [6.45, 7) is 0. The van der Waals surface area contributed by atoms with Gasteiger partial charge >= 0.3 is 12.4 Å². The molecule has 0 spiro atoms. The molecule has 2 nitrogen and oxygen atoms in total. The monoisotopic (exact) mass is 321 g/mol. The number of alkyl halides is 6. The van der Waals surface area contributed by atoms with Crippen LogP contribution in [-0.4, -0.2) is 0 Å². The maximum atomic E-state index is 12.6. The van der Waals surface area contributed by atoms with Gasteiger partial charge in [-0.3, -0.25) is 0 Å². The molecule has 0 aliphatic carbocycles. The van der Waals surface area contributed by atoms with Gasteiger partial charge in [0, 0.05) is 0 Å². The number of hydrogen-bond acceptors (Lipinski definition) is 2. The third-order valence-corrected chi connectivity index (χ3v) is 2.73. The number of anilines is 1. The van der Waals surface area contributed by atoms with E-state index in [0.717, 1.165) is 24.3 Å². The Balaban J connectivity index is 2.35. The Morgan fingerprint density at radius 3 is 1.95 bits per heavy atom. The lowest BCUT2D eigenvalue weighted by Gasteiger charge is -2.13. The highest BCUT2D eigenvalue weighted by molar-refractivity contribution is 5.56. The van der Waals surface area contributed by atoms with E-state index >= 15 is 0 Å². The minimum atomic E-state index is -4.61. The molecule has 0 aromatic heterocycles. The van der Waals surface area contributed by atoms with E-state index in [9.17, 15) is 26.3 Å². The molecular weight excluding hydrogens is 312 g/mol. The number of benzene rings is 2. The van der Waals surface area contributed by atoms with Crippen LogP contribution in [0.5, 0.6) is 11.5 Å². The first-order valence-corrected chi connectivity index (χ1v) is 5.89. The maximum Gasteiger partial charge on any atom is 0.416 e. The van der Waals surface area contributed by atoms with E-state index in [2.05, 4.69) is 0 Å². The molecule has 0 fully saturated rings. The minimum Gasteiger partial charge on any atom is -0.455 e. The van der Waals surface area contributed by atoms with Crippen LogP contribution >= 0.6 is 0 Å². The average Bonchev–Trinajstić information content (AvgIpc) is 2.39. The first kappa shape index (κ1) is 16.0. The molecule has 0 aliphatic rings. The first-order chi connectivity index (χ1) is 10.1. The number of ether oxygens (including phenoxy) is 1. The smallest absolute Gasteiger partial charge is 0.416 e. The molecule has 2 aromatic rings.